The standard InChI is InChI=1S/C9H16O5S/c1-6(2)8(10)14-7(3)9(4,5)15(11,12)13/h7H,1H2,2-5H3,(H,11,12,13). The van der Waals surface area contributed by atoms with Gasteiger partial charge in [-0.3, -0.25) is 4.55 Å². The fourth-order valence-corrected chi connectivity index (χ4v) is 1.08. The molecule has 0 heterocycles. The summed E-state index contributed by atoms with van der Waals surface area (Å²) in [6, 6.07) is 0. The molecule has 1 atom stereocenters. The molecule has 1 N–H and O–H groups in total. The summed E-state index contributed by atoms with van der Waals surface area (Å²) >= 11 is 0. The second-order valence-corrected chi connectivity index (χ2v) is 5.91. The van der Waals surface area contributed by atoms with Gasteiger partial charge in [-0.2, -0.15) is 8.42 Å². The van der Waals surface area contributed by atoms with Crippen molar-refractivity contribution in [1.82, 2.24) is 0 Å². The minimum Gasteiger partial charge on any atom is -0.458 e. The smallest absolute Gasteiger partial charge is 0.333 e. The first kappa shape index (κ1) is 14.1. The maximum absolute atomic E-state index is 11.1. The molecule has 0 saturated carbocycles. The number of hydrogen-bond acceptors (Lipinski definition) is 4. The quantitative estimate of drug-likeness (QED) is 0.450. The van der Waals surface area contributed by atoms with Crippen molar-refractivity contribution < 1.29 is 22.5 Å². The minimum absolute atomic E-state index is 0.174. The lowest BCUT2D eigenvalue weighted by molar-refractivity contribution is -0.144. The summed E-state index contributed by atoms with van der Waals surface area (Å²) in [4.78, 5) is 11.1. The van der Waals surface area contributed by atoms with Gasteiger partial charge in [0, 0.05) is 5.57 Å². The topological polar surface area (TPSA) is 80.7 Å². The molecule has 0 bridgehead atoms. The Morgan fingerprint density at radius 3 is 2.13 bits per heavy atom. The Morgan fingerprint density at radius 2 is 1.87 bits per heavy atom. The molecule has 0 aromatic rings. The predicted octanol–water partition coefficient (Wildman–Crippen LogP) is 1.16. The SMILES string of the molecule is C=C(C)C(=O)OC(C)C(C)(C)S(=O)(=O)O. The zero-order valence-electron chi connectivity index (χ0n) is 9.27. The van der Waals surface area contributed by atoms with Crippen molar-refractivity contribution in [2.75, 3.05) is 0 Å². The van der Waals surface area contributed by atoms with Crippen LogP contribution in [-0.4, -0.2) is 29.8 Å². The number of ether oxygens (including phenoxy) is 1. The third kappa shape index (κ3) is 3.32. The van der Waals surface area contributed by atoms with Gasteiger partial charge in [-0.1, -0.05) is 6.58 Å². The molecule has 6 heteroatoms. The molecule has 0 aromatic carbocycles. The first-order valence-electron chi connectivity index (χ1n) is 4.33. The third-order valence-electron chi connectivity index (χ3n) is 2.28. The molecular weight excluding hydrogens is 220 g/mol. The summed E-state index contributed by atoms with van der Waals surface area (Å²) in [6.07, 6.45) is -0.961. The van der Waals surface area contributed by atoms with Gasteiger partial charge >= 0.3 is 5.97 Å². The summed E-state index contributed by atoms with van der Waals surface area (Å²) in [7, 11) is -4.28. The number of esters is 1. The van der Waals surface area contributed by atoms with Crippen LogP contribution >= 0.6 is 0 Å². The molecule has 0 spiro atoms. The molecule has 0 aromatic heterocycles. The molecule has 0 aliphatic rings. The fraction of sp³-hybridized carbons (Fsp3) is 0.667. The second-order valence-electron chi connectivity index (χ2n) is 3.91. The van der Waals surface area contributed by atoms with Gasteiger partial charge in [0.25, 0.3) is 10.1 Å². The largest absolute Gasteiger partial charge is 0.458 e. The van der Waals surface area contributed by atoms with Crippen molar-refractivity contribution in [3.63, 3.8) is 0 Å². The first-order valence-corrected chi connectivity index (χ1v) is 5.77. The van der Waals surface area contributed by atoms with Crippen LogP contribution in [0.2, 0.25) is 0 Å². The maximum atomic E-state index is 11.1. The zero-order valence-corrected chi connectivity index (χ0v) is 10.1. The number of rotatable bonds is 4. The van der Waals surface area contributed by atoms with E-state index >= 15 is 0 Å². The van der Waals surface area contributed by atoms with E-state index in [2.05, 4.69) is 6.58 Å². The van der Waals surface area contributed by atoms with Crippen LogP contribution in [0.3, 0.4) is 0 Å². The Bertz CT molecular complexity index is 366. The van der Waals surface area contributed by atoms with Crippen molar-refractivity contribution in [2.24, 2.45) is 0 Å². The highest BCUT2D eigenvalue weighted by molar-refractivity contribution is 7.87. The Hall–Kier alpha value is -0.880. The van der Waals surface area contributed by atoms with Gasteiger partial charge < -0.3 is 4.74 Å². The molecule has 0 fully saturated rings. The van der Waals surface area contributed by atoms with Crippen molar-refractivity contribution in [3.05, 3.63) is 12.2 Å². The van der Waals surface area contributed by atoms with Crippen LogP contribution in [0.25, 0.3) is 0 Å². The van der Waals surface area contributed by atoms with Crippen molar-refractivity contribution >= 4 is 16.1 Å². The monoisotopic (exact) mass is 236 g/mol. The van der Waals surface area contributed by atoms with Gasteiger partial charge in [-0.05, 0) is 27.7 Å². The van der Waals surface area contributed by atoms with Gasteiger partial charge in [-0.15, -0.1) is 0 Å². The molecule has 0 aliphatic heterocycles. The van der Waals surface area contributed by atoms with Gasteiger partial charge in [0.05, 0.1) is 0 Å². The predicted molar refractivity (Wildman–Crippen MR) is 56.0 cm³/mol. The number of hydrogen-bond donors (Lipinski definition) is 1. The average Bonchev–Trinajstić information content (AvgIpc) is 2.01. The van der Waals surface area contributed by atoms with E-state index in [1.54, 1.807) is 0 Å². The van der Waals surface area contributed by atoms with Crippen molar-refractivity contribution in [2.45, 2.75) is 38.5 Å². The zero-order chi connectivity index (χ0) is 12.4. The van der Waals surface area contributed by atoms with Crippen LogP contribution in [-0.2, 0) is 19.6 Å². The first-order chi connectivity index (χ1) is 6.50. The van der Waals surface area contributed by atoms with Crippen LogP contribution in [0.15, 0.2) is 12.2 Å². The van der Waals surface area contributed by atoms with Crippen LogP contribution < -0.4 is 0 Å². The lowest BCUT2D eigenvalue weighted by atomic mass is 10.1. The van der Waals surface area contributed by atoms with E-state index in [1.165, 1.54) is 27.7 Å². The van der Waals surface area contributed by atoms with Crippen LogP contribution in [0.1, 0.15) is 27.7 Å². The molecule has 0 amide bonds. The molecule has 5 nitrogen and oxygen atoms in total. The highest BCUT2D eigenvalue weighted by Gasteiger charge is 2.41. The summed E-state index contributed by atoms with van der Waals surface area (Å²) in [6.45, 7) is 8.77. The summed E-state index contributed by atoms with van der Waals surface area (Å²) in [5.41, 5.74) is 0.174. The summed E-state index contributed by atoms with van der Waals surface area (Å²) < 4.78 is 34.2. The second kappa shape index (κ2) is 4.32. The Balaban J connectivity index is 4.81. The molecule has 0 radical (unpaired) electrons. The lowest BCUT2D eigenvalue weighted by Crippen LogP contribution is -2.44. The molecule has 0 saturated heterocycles. The molecular formula is C9H16O5S. The minimum atomic E-state index is -4.28. The number of carbonyl (C=O) groups excluding carboxylic acids is 1. The normalized spacial score (nSPS) is 14.5. The molecule has 0 aliphatic carbocycles. The lowest BCUT2D eigenvalue weighted by Gasteiger charge is -2.27. The Kier molecular flexibility index (Phi) is 4.07. The van der Waals surface area contributed by atoms with Crippen molar-refractivity contribution in [1.29, 1.82) is 0 Å². The van der Waals surface area contributed by atoms with Gasteiger partial charge in [0.15, 0.2) is 0 Å². The summed E-state index contributed by atoms with van der Waals surface area (Å²) in [5.74, 6) is -0.681. The van der Waals surface area contributed by atoms with Gasteiger partial charge in [0.2, 0.25) is 0 Å². The summed E-state index contributed by atoms with van der Waals surface area (Å²) in [5, 5.41) is 0. The van der Waals surface area contributed by atoms with Crippen molar-refractivity contribution in [3.8, 4) is 0 Å². The third-order valence-corrected chi connectivity index (χ3v) is 3.94. The van der Waals surface area contributed by atoms with E-state index in [1.807, 2.05) is 0 Å². The van der Waals surface area contributed by atoms with E-state index < -0.39 is 26.9 Å². The highest BCUT2D eigenvalue weighted by Crippen LogP contribution is 2.22. The Labute approximate surface area is 89.9 Å². The fourth-order valence-electron chi connectivity index (χ4n) is 0.613. The van der Waals surface area contributed by atoms with E-state index in [0.717, 1.165) is 0 Å². The van der Waals surface area contributed by atoms with E-state index in [-0.39, 0.29) is 5.57 Å². The molecule has 88 valence electrons. The van der Waals surface area contributed by atoms with Gasteiger partial charge in [0.1, 0.15) is 10.9 Å². The molecule has 1 unspecified atom stereocenters. The van der Waals surface area contributed by atoms with Crippen LogP contribution in [0, 0.1) is 0 Å². The highest BCUT2D eigenvalue weighted by atomic mass is 32.2. The Morgan fingerprint density at radius 1 is 1.47 bits per heavy atom. The average molecular weight is 236 g/mol. The molecule has 15 heavy (non-hydrogen) atoms. The van der Waals surface area contributed by atoms with E-state index in [0.29, 0.717) is 0 Å². The van der Waals surface area contributed by atoms with E-state index in [4.69, 9.17) is 9.29 Å². The maximum Gasteiger partial charge on any atom is 0.333 e. The number of carbonyl (C=O) groups is 1. The van der Waals surface area contributed by atoms with Crippen LogP contribution in [0.4, 0.5) is 0 Å². The van der Waals surface area contributed by atoms with Crippen LogP contribution in [0.5, 0.6) is 0 Å². The van der Waals surface area contributed by atoms with Gasteiger partial charge in [-0.25, -0.2) is 4.79 Å². The van der Waals surface area contributed by atoms with E-state index in [9.17, 15) is 13.2 Å². The molecule has 0 rings (SSSR count).